The predicted octanol–water partition coefficient (Wildman–Crippen LogP) is 2.40. The Bertz CT molecular complexity index is 617. The van der Waals surface area contributed by atoms with Gasteiger partial charge < -0.3 is 5.32 Å². The molecule has 1 heterocycles. The number of rotatable bonds is 6. The number of hydrogen-bond acceptors (Lipinski definition) is 6. The number of nitro benzene ring substituents is 1. The van der Waals surface area contributed by atoms with Crippen molar-refractivity contribution in [2.24, 2.45) is 0 Å². The normalized spacial score (nSPS) is 10.7. The van der Waals surface area contributed by atoms with Crippen LogP contribution in [0, 0.1) is 15.9 Å². The number of halogens is 1. The monoisotopic (exact) mass is 296 g/mol. The first kappa shape index (κ1) is 14.5. The summed E-state index contributed by atoms with van der Waals surface area (Å²) in [7, 11) is 0. The largest absolute Gasteiger partial charge is 0.317 e. The summed E-state index contributed by atoms with van der Waals surface area (Å²) < 4.78 is 13.1. The first-order chi connectivity index (χ1) is 9.61. The number of nitrogens with zero attached hydrogens (tertiary/aromatic N) is 3. The molecular formula is C12H13FN4O2S. The summed E-state index contributed by atoms with van der Waals surface area (Å²) in [6, 6.07) is 3.44. The first-order valence-electron chi connectivity index (χ1n) is 6.09. The third kappa shape index (κ3) is 3.34. The molecule has 0 fully saturated rings. The minimum atomic E-state index is -0.641. The van der Waals surface area contributed by atoms with Gasteiger partial charge in [0.2, 0.25) is 0 Å². The number of benzene rings is 1. The number of hydrogen-bond donors (Lipinski definition) is 1. The molecule has 0 bridgehead atoms. The minimum absolute atomic E-state index is 0.292. The van der Waals surface area contributed by atoms with E-state index in [1.807, 2.05) is 6.92 Å². The lowest BCUT2D eigenvalue weighted by Gasteiger charge is -1.98. The maximum Gasteiger partial charge on any atom is 0.282 e. The molecule has 0 amide bonds. The topological polar surface area (TPSA) is 81.0 Å². The Balaban J connectivity index is 2.25. The average Bonchev–Trinajstić information content (AvgIpc) is 2.87. The van der Waals surface area contributed by atoms with E-state index in [0.717, 1.165) is 24.2 Å². The van der Waals surface area contributed by atoms with Gasteiger partial charge in [-0.2, -0.15) is 0 Å². The molecule has 1 aromatic carbocycles. The van der Waals surface area contributed by atoms with Crippen LogP contribution in [0.15, 0.2) is 18.2 Å². The molecule has 0 radical (unpaired) electrons. The standard InChI is InChI=1S/C12H13FN4O2S/c1-2-14-6-5-11-15-16-12(20-11)9-4-3-8(13)7-10(9)17(18)19/h3-4,7,14H,2,5-6H2,1H3. The Morgan fingerprint density at radius 2 is 2.25 bits per heavy atom. The van der Waals surface area contributed by atoms with Gasteiger partial charge in [-0.25, -0.2) is 4.39 Å². The van der Waals surface area contributed by atoms with Crippen LogP contribution in [0.25, 0.3) is 10.6 Å². The summed E-state index contributed by atoms with van der Waals surface area (Å²) in [4.78, 5) is 10.3. The SMILES string of the molecule is CCNCCc1nnc(-c2ccc(F)cc2[N+](=O)[O-])s1. The maximum absolute atomic E-state index is 13.1. The van der Waals surface area contributed by atoms with Crippen LogP contribution in [0.3, 0.4) is 0 Å². The third-order valence-electron chi connectivity index (χ3n) is 2.62. The molecular weight excluding hydrogens is 283 g/mol. The Labute approximate surface area is 118 Å². The molecule has 1 aromatic heterocycles. The second kappa shape index (κ2) is 6.49. The molecule has 0 saturated carbocycles. The minimum Gasteiger partial charge on any atom is -0.317 e. The average molecular weight is 296 g/mol. The molecule has 2 rings (SSSR count). The van der Waals surface area contributed by atoms with Crippen molar-refractivity contribution < 1.29 is 9.31 Å². The van der Waals surface area contributed by atoms with Crippen LogP contribution >= 0.6 is 11.3 Å². The summed E-state index contributed by atoms with van der Waals surface area (Å²) in [6.45, 7) is 3.65. The Morgan fingerprint density at radius 1 is 1.45 bits per heavy atom. The van der Waals surface area contributed by atoms with Crippen molar-refractivity contribution in [2.45, 2.75) is 13.3 Å². The third-order valence-corrected chi connectivity index (χ3v) is 3.64. The Kier molecular flexibility index (Phi) is 4.70. The highest BCUT2D eigenvalue weighted by molar-refractivity contribution is 7.14. The fourth-order valence-corrected chi connectivity index (χ4v) is 2.55. The summed E-state index contributed by atoms with van der Waals surface area (Å²) in [5.74, 6) is -0.641. The highest BCUT2D eigenvalue weighted by Gasteiger charge is 2.19. The molecule has 0 aliphatic carbocycles. The van der Waals surface area contributed by atoms with Crippen LogP contribution in [0.4, 0.5) is 10.1 Å². The van der Waals surface area contributed by atoms with E-state index >= 15 is 0 Å². The Morgan fingerprint density at radius 3 is 2.95 bits per heavy atom. The van der Waals surface area contributed by atoms with E-state index in [1.165, 1.54) is 23.5 Å². The van der Waals surface area contributed by atoms with Crippen LogP contribution < -0.4 is 5.32 Å². The summed E-state index contributed by atoms with van der Waals surface area (Å²) in [5, 5.41) is 23.3. The van der Waals surface area contributed by atoms with Crippen molar-refractivity contribution in [1.29, 1.82) is 0 Å². The molecule has 0 saturated heterocycles. The molecule has 106 valence electrons. The smallest absolute Gasteiger partial charge is 0.282 e. The van der Waals surface area contributed by atoms with E-state index in [-0.39, 0.29) is 5.69 Å². The fraction of sp³-hybridized carbons (Fsp3) is 0.333. The van der Waals surface area contributed by atoms with Crippen molar-refractivity contribution in [3.63, 3.8) is 0 Å². The van der Waals surface area contributed by atoms with Crippen LogP contribution in [-0.4, -0.2) is 28.2 Å². The van der Waals surface area contributed by atoms with Crippen molar-refractivity contribution in [2.75, 3.05) is 13.1 Å². The summed E-state index contributed by atoms with van der Waals surface area (Å²) in [6.07, 6.45) is 0.709. The van der Waals surface area contributed by atoms with Gasteiger partial charge in [-0.3, -0.25) is 10.1 Å². The van der Waals surface area contributed by atoms with Crippen LogP contribution in [0.1, 0.15) is 11.9 Å². The second-order valence-electron chi connectivity index (χ2n) is 4.02. The second-order valence-corrected chi connectivity index (χ2v) is 5.09. The van der Waals surface area contributed by atoms with Crippen molar-refractivity contribution >= 4 is 17.0 Å². The number of nitro groups is 1. The van der Waals surface area contributed by atoms with Crippen molar-refractivity contribution in [3.05, 3.63) is 39.1 Å². The lowest BCUT2D eigenvalue weighted by atomic mass is 10.2. The molecule has 20 heavy (non-hydrogen) atoms. The highest BCUT2D eigenvalue weighted by atomic mass is 32.1. The van der Waals surface area contributed by atoms with Crippen molar-refractivity contribution in [1.82, 2.24) is 15.5 Å². The van der Waals surface area contributed by atoms with Gasteiger partial charge in [0.25, 0.3) is 5.69 Å². The summed E-state index contributed by atoms with van der Waals surface area (Å²) >= 11 is 1.28. The molecule has 1 N–H and O–H groups in total. The zero-order valence-corrected chi connectivity index (χ0v) is 11.6. The van der Waals surface area contributed by atoms with E-state index in [9.17, 15) is 14.5 Å². The van der Waals surface area contributed by atoms with E-state index in [0.29, 0.717) is 17.0 Å². The lowest BCUT2D eigenvalue weighted by Crippen LogP contribution is -2.15. The number of aromatic nitrogens is 2. The highest BCUT2D eigenvalue weighted by Crippen LogP contribution is 2.32. The predicted molar refractivity (Wildman–Crippen MR) is 74.2 cm³/mol. The molecule has 0 spiro atoms. The quantitative estimate of drug-likeness (QED) is 0.503. The van der Waals surface area contributed by atoms with Gasteiger partial charge in [0.1, 0.15) is 10.8 Å². The Hall–Kier alpha value is -1.93. The molecule has 2 aromatic rings. The molecule has 8 heteroatoms. The van der Waals surface area contributed by atoms with E-state index in [2.05, 4.69) is 15.5 Å². The van der Waals surface area contributed by atoms with E-state index in [4.69, 9.17) is 0 Å². The maximum atomic E-state index is 13.1. The number of nitrogens with one attached hydrogen (secondary N) is 1. The van der Waals surface area contributed by atoms with Crippen LogP contribution in [0.2, 0.25) is 0 Å². The molecule has 0 aliphatic rings. The van der Waals surface area contributed by atoms with E-state index in [1.54, 1.807) is 0 Å². The molecule has 6 nitrogen and oxygen atoms in total. The first-order valence-corrected chi connectivity index (χ1v) is 6.91. The van der Waals surface area contributed by atoms with Crippen LogP contribution in [0.5, 0.6) is 0 Å². The van der Waals surface area contributed by atoms with Gasteiger partial charge in [-0.15, -0.1) is 10.2 Å². The molecule has 0 aliphatic heterocycles. The van der Waals surface area contributed by atoms with Crippen LogP contribution in [-0.2, 0) is 6.42 Å². The zero-order chi connectivity index (χ0) is 14.5. The molecule has 0 unspecified atom stereocenters. The van der Waals surface area contributed by atoms with Gasteiger partial charge in [0.05, 0.1) is 16.6 Å². The lowest BCUT2D eigenvalue weighted by molar-refractivity contribution is -0.384. The van der Waals surface area contributed by atoms with Gasteiger partial charge in [-0.05, 0) is 18.7 Å². The van der Waals surface area contributed by atoms with Gasteiger partial charge in [0.15, 0.2) is 5.01 Å². The zero-order valence-electron chi connectivity index (χ0n) is 10.8. The van der Waals surface area contributed by atoms with Gasteiger partial charge in [-0.1, -0.05) is 18.3 Å². The molecule has 0 atom stereocenters. The van der Waals surface area contributed by atoms with Gasteiger partial charge in [0, 0.05) is 13.0 Å². The summed E-state index contributed by atoms with van der Waals surface area (Å²) in [5.41, 5.74) is 0.00276. The van der Waals surface area contributed by atoms with Gasteiger partial charge >= 0.3 is 0 Å². The van der Waals surface area contributed by atoms with E-state index < -0.39 is 10.7 Å². The fourth-order valence-electron chi connectivity index (χ4n) is 1.67. The van der Waals surface area contributed by atoms with Crippen molar-refractivity contribution in [3.8, 4) is 10.6 Å². The number of likely N-dealkylation sites (N-methyl/N-ethyl adjacent to an activating group) is 1.